The molecule has 1 saturated heterocycles. The minimum absolute atomic E-state index is 0.0143. The van der Waals surface area contributed by atoms with E-state index in [0.29, 0.717) is 25.2 Å². The van der Waals surface area contributed by atoms with Gasteiger partial charge in [0.15, 0.2) is 0 Å². The van der Waals surface area contributed by atoms with E-state index in [-0.39, 0.29) is 22.7 Å². The van der Waals surface area contributed by atoms with Crippen molar-refractivity contribution in [2.45, 2.75) is 37.2 Å². The molecule has 8 heteroatoms. The third kappa shape index (κ3) is 4.30. The molecule has 1 unspecified atom stereocenters. The highest BCUT2D eigenvalue weighted by Crippen LogP contribution is 2.43. The van der Waals surface area contributed by atoms with Crippen LogP contribution >= 0.6 is 0 Å². The number of amides is 1. The molecule has 0 bridgehead atoms. The summed E-state index contributed by atoms with van der Waals surface area (Å²) in [5.74, 6) is 0.0927. The Balaban J connectivity index is 1.60. The largest absolute Gasteiger partial charge is 0.331 e. The maximum atomic E-state index is 13.4. The molecule has 1 aromatic heterocycles. The second kappa shape index (κ2) is 8.85. The molecule has 0 saturated carbocycles. The molecule has 35 heavy (non-hydrogen) atoms. The summed E-state index contributed by atoms with van der Waals surface area (Å²) >= 11 is 0. The highest BCUT2D eigenvalue weighted by atomic mass is 32.2. The molecular weight excluding hydrogens is 465 g/mol. The number of nitrogens with zero attached hydrogens (tertiary/aromatic N) is 2. The number of sulfonamides is 1. The number of anilines is 1. The van der Waals surface area contributed by atoms with Crippen molar-refractivity contribution in [3.63, 3.8) is 0 Å². The van der Waals surface area contributed by atoms with E-state index in [0.717, 1.165) is 27.6 Å². The van der Waals surface area contributed by atoms with E-state index in [9.17, 15) is 17.6 Å². The zero-order valence-corrected chi connectivity index (χ0v) is 20.3. The van der Waals surface area contributed by atoms with Gasteiger partial charge in [-0.3, -0.25) is 9.52 Å². The first kappa shape index (κ1) is 23.1. The number of carbonyl (C=O) groups excluding carboxylic acids is 1. The predicted octanol–water partition coefficient (Wildman–Crippen LogP) is 5.29. The maximum Gasteiger partial charge on any atom is 0.263 e. The standard InChI is InChI=1S/C27H26FN3O3S/c1-18-7-13-21(14-8-18)35(33,34)29-27-26(22-5-3-4-6-23(22)30(27)2)24-15-16-25(32)31(24)17-19-9-11-20(28)12-10-19/h3-14,24,29H,15-17H2,1-2H3. The highest BCUT2D eigenvalue weighted by Gasteiger charge is 2.37. The van der Waals surface area contributed by atoms with Crippen LogP contribution in [0.4, 0.5) is 10.2 Å². The normalized spacial score (nSPS) is 16.3. The molecule has 3 aromatic carbocycles. The van der Waals surface area contributed by atoms with E-state index in [1.54, 1.807) is 41.3 Å². The fraction of sp³-hybridized carbons (Fsp3) is 0.222. The smallest absolute Gasteiger partial charge is 0.263 e. The van der Waals surface area contributed by atoms with Gasteiger partial charge in [-0.2, -0.15) is 0 Å². The molecular formula is C27H26FN3O3S. The van der Waals surface area contributed by atoms with Gasteiger partial charge in [0.05, 0.1) is 10.9 Å². The van der Waals surface area contributed by atoms with Crippen LogP contribution in [-0.4, -0.2) is 23.8 Å². The van der Waals surface area contributed by atoms with Crippen molar-refractivity contribution < 1.29 is 17.6 Å². The molecule has 2 heterocycles. The summed E-state index contributed by atoms with van der Waals surface area (Å²) in [5.41, 5.74) is 3.42. The molecule has 6 nitrogen and oxygen atoms in total. The number of halogens is 1. The van der Waals surface area contributed by atoms with Gasteiger partial charge in [-0.15, -0.1) is 0 Å². The van der Waals surface area contributed by atoms with Crippen molar-refractivity contribution in [1.82, 2.24) is 9.47 Å². The first-order chi connectivity index (χ1) is 16.7. The fourth-order valence-electron chi connectivity index (χ4n) is 4.81. The SMILES string of the molecule is Cc1ccc(S(=O)(=O)Nc2c(C3CCC(=O)N3Cc3ccc(F)cc3)c3ccccc3n2C)cc1. The van der Waals surface area contributed by atoms with Crippen LogP contribution in [0.15, 0.2) is 77.7 Å². The molecule has 0 spiro atoms. The van der Waals surface area contributed by atoms with Gasteiger partial charge >= 0.3 is 0 Å². The van der Waals surface area contributed by atoms with Gasteiger partial charge in [0.2, 0.25) is 5.91 Å². The number of hydrogen-bond acceptors (Lipinski definition) is 3. The molecule has 1 atom stereocenters. The number of aryl methyl sites for hydroxylation is 2. The van der Waals surface area contributed by atoms with Crippen LogP contribution in [0, 0.1) is 12.7 Å². The maximum absolute atomic E-state index is 13.4. The van der Waals surface area contributed by atoms with E-state index in [1.165, 1.54) is 12.1 Å². The number of rotatable bonds is 6. The van der Waals surface area contributed by atoms with Crippen LogP contribution in [0.2, 0.25) is 0 Å². The summed E-state index contributed by atoms with van der Waals surface area (Å²) in [6, 6.07) is 20.2. The van der Waals surface area contributed by atoms with Gasteiger partial charge in [0.25, 0.3) is 10.0 Å². The number of aromatic nitrogens is 1. The molecule has 0 aliphatic carbocycles. The van der Waals surface area contributed by atoms with Gasteiger partial charge in [-0.25, -0.2) is 12.8 Å². The number of benzene rings is 3. The third-order valence-corrected chi connectivity index (χ3v) is 7.99. The van der Waals surface area contributed by atoms with Gasteiger partial charge in [0, 0.05) is 36.5 Å². The number of likely N-dealkylation sites (tertiary alicyclic amines) is 1. The molecule has 4 aromatic rings. The minimum Gasteiger partial charge on any atom is -0.331 e. The lowest BCUT2D eigenvalue weighted by Gasteiger charge is -2.26. The average molecular weight is 492 g/mol. The van der Waals surface area contributed by atoms with E-state index in [1.807, 2.05) is 42.8 Å². The highest BCUT2D eigenvalue weighted by molar-refractivity contribution is 7.92. The molecule has 1 N–H and O–H groups in total. The number of nitrogens with one attached hydrogen (secondary N) is 1. The second-order valence-corrected chi connectivity index (χ2v) is 10.6. The summed E-state index contributed by atoms with van der Waals surface area (Å²) in [6.07, 6.45) is 0.923. The van der Waals surface area contributed by atoms with Crippen molar-refractivity contribution >= 4 is 32.7 Å². The Labute approximate surface area is 204 Å². The Morgan fingerprint density at radius 1 is 1.00 bits per heavy atom. The van der Waals surface area contributed by atoms with Crippen LogP contribution in [0.3, 0.4) is 0 Å². The first-order valence-corrected chi connectivity index (χ1v) is 12.9. The lowest BCUT2D eigenvalue weighted by Crippen LogP contribution is -2.28. The monoisotopic (exact) mass is 491 g/mol. The zero-order chi connectivity index (χ0) is 24.7. The molecule has 1 aliphatic rings. The fourth-order valence-corrected chi connectivity index (χ4v) is 5.92. The summed E-state index contributed by atoms with van der Waals surface area (Å²) < 4.78 is 44.7. The van der Waals surface area contributed by atoms with Crippen LogP contribution in [0.5, 0.6) is 0 Å². The Bertz CT molecular complexity index is 1510. The molecule has 1 amide bonds. The lowest BCUT2D eigenvalue weighted by molar-refractivity contribution is -0.129. The van der Waals surface area contributed by atoms with Gasteiger partial charge < -0.3 is 9.47 Å². The Hall–Kier alpha value is -3.65. The quantitative estimate of drug-likeness (QED) is 0.398. The first-order valence-electron chi connectivity index (χ1n) is 11.5. The minimum atomic E-state index is -3.86. The van der Waals surface area contributed by atoms with Crippen LogP contribution in [-0.2, 0) is 28.4 Å². The van der Waals surface area contributed by atoms with Gasteiger partial charge in [-0.05, 0) is 49.2 Å². The topological polar surface area (TPSA) is 71.4 Å². The summed E-state index contributed by atoms with van der Waals surface area (Å²) in [4.78, 5) is 14.9. The lowest BCUT2D eigenvalue weighted by atomic mass is 10.0. The van der Waals surface area contributed by atoms with Crippen molar-refractivity contribution in [2.24, 2.45) is 7.05 Å². The predicted molar refractivity (Wildman–Crippen MR) is 134 cm³/mol. The third-order valence-electron chi connectivity index (χ3n) is 6.64. The molecule has 180 valence electrons. The number of para-hydroxylation sites is 1. The average Bonchev–Trinajstić information content (AvgIpc) is 3.32. The van der Waals surface area contributed by atoms with E-state index in [2.05, 4.69) is 4.72 Å². The zero-order valence-electron chi connectivity index (χ0n) is 19.5. The van der Waals surface area contributed by atoms with Crippen LogP contribution < -0.4 is 4.72 Å². The van der Waals surface area contributed by atoms with Crippen LogP contribution in [0.1, 0.15) is 35.6 Å². The summed E-state index contributed by atoms with van der Waals surface area (Å²) in [7, 11) is -2.04. The van der Waals surface area contributed by atoms with Crippen LogP contribution in [0.25, 0.3) is 10.9 Å². The van der Waals surface area contributed by atoms with Gasteiger partial charge in [0.1, 0.15) is 11.6 Å². The Morgan fingerprint density at radius 3 is 2.40 bits per heavy atom. The molecule has 0 radical (unpaired) electrons. The van der Waals surface area contributed by atoms with E-state index < -0.39 is 10.0 Å². The van der Waals surface area contributed by atoms with Crippen molar-refractivity contribution in [1.29, 1.82) is 0 Å². The Kier molecular flexibility index (Phi) is 5.84. The molecule has 1 aliphatic heterocycles. The summed E-state index contributed by atoms with van der Waals surface area (Å²) in [6.45, 7) is 2.22. The van der Waals surface area contributed by atoms with Crippen molar-refractivity contribution in [2.75, 3.05) is 4.72 Å². The van der Waals surface area contributed by atoms with E-state index >= 15 is 0 Å². The van der Waals surface area contributed by atoms with E-state index in [4.69, 9.17) is 0 Å². The number of hydrogen-bond donors (Lipinski definition) is 1. The van der Waals surface area contributed by atoms with Gasteiger partial charge in [-0.1, -0.05) is 48.0 Å². The summed E-state index contributed by atoms with van der Waals surface area (Å²) in [5, 5.41) is 0.889. The molecule has 5 rings (SSSR count). The number of carbonyl (C=O) groups is 1. The van der Waals surface area contributed by atoms with Crippen molar-refractivity contribution in [3.8, 4) is 0 Å². The Morgan fingerprint density at radius 2 is 1.69 bits per heavy atom. The number of fused-ring (bicyclic) bond motifs is 1. The van der Waals surface area contributed by atoms with Crippen molar-refractivity contribution in [3.05, 3.63) is 95.3 Å². The second-order valence-electron chi connectivity index (χ2n) is 8.96. The molecule has 1 fully saturated rings.